The van der Waals surface area contributed by atoms with E-state index in [2.05, 4.69) is 33.4 Å². The Bertz CT molecular complexity index is 719. The van der Waals surface area contributed by atoms with Gasteiger partial charge in [-0.3, -0.25) is 4.79 Å². The first-order valence-electron chi connectivity index (χ1n) is 11.8. The summed E-state index contributed by atoms with van der Waals surface area (Å²) in [6.45, 7) is 12.6. The second-order valence-corrected chi connectivity index (χ2v) is 11.4. The molecule has 4 aliphatic carbocycles. The minimum Gasteiger partial charge on any atom is -0.392 e. The molecular weight excluding hydrogens is 360 g/mol. The SMILES string of the molecule is C=C[C@]1(C)C[C@@H](O)[C@]2(C)[C@H](C)CC[C@]3(C/C(=C\C4CCCC4)C(=O)[C@H]32)[C@@H](C)[C@@H]1O. The topological polar surface area (TPSA) is 57.5 Å². The monoisotopic (exact) mass is 400 g/mol. The number of allylic oxidation sites excluding steroid dienone is 2. The summed E-state index contributed by atoms with van der Waals surface area (Å²) in [4.78, 5) is 13.9. The number of rotatable bonds is 2. The molecule has 29 heavy (non-hydrogen) atoms. The summed E-state index contributed by atoms with van der Waals surface area (Å²) < 4.78 is 0. The number of aliphatic hydroxyl groups is 2. The molecule has 3 nitrogen and oxygen atoms in total. The molecule has 3 heteroatoms. The number of aliphatic hydroxyl groups excluding tert-OH is 2. The van der Waals surface area contributed by atoms with Gasteiger partial charge in [0.15, 0.2) is 5.78 Å². The molecule has 2 bridgehead atoms. The van der Waals surface area contributed by atoms with Crippen LogP contribution in [0.25, 0.3) is 0 Å². The lowest BCUT2D eigenvalue weighted by molar-refractivity contribution is -0.191. The van der Waals surface area contributed by atoms with Gasteiger partial charge < -0.3 is 10.2 Å². The smallest absolute Gasteiger partial charge is 0.162 e. The molecule has 8 atom stereocenters. The van der Waals surface area contributed by atoms with Gasteiger partial charge in [-0.1, -0.05) is 52.7 Å². The first-order chi connectivity index (χ1) is 13.6. The van der Waals surface area contributed by atoms with E-state index >= 15 is 0 Å². The molecule has 0 radical (unpaired) electrons. The predicted octanol–water partition coefficient (Wildman–Crippen LogP) is 5.07. The van der Waals surface area contributed by atoms with Crippen molar-refractivity contribution in [3.8, 4) is 0 Å². The molecule has 0 aromatic rings. The van der Waals surface area contributed by atoms with Crippen LogP contribution >= 0.6 is 0 Å². The maximum atomic E-state index is 13.9. The van der Waals surface area contributed by atoms with E-state index in [1.807, 2.05) is 13.0 Å². The molecule has 0 heterocycles. The lowest BCUT2D eigenvalue weighted by Gasteiger charge is -2.61. The zero-order chi connectivity index (χ0) is 21.2. The molecule has 0 aliphatic heterocycles. The summed E-state index contributed by atoms with van der Waals surface area (Å²) in [7, 11) is 0. The van der Waals surface area contributed by atoms with Gasteiger partial charge in [0.2, 0.25) is 0 Å². The Balaban J connectivity index is 1.86. The maximum Gasteiger partial charge on any atom is 0.162 e. The van der Waals surface area contributed by atoms with Gasteiger partial charge in [0.25, 0.3) is 0 Å². The van der Waals surface area contributed by atoms with E-state index in [0.717, 1.165) is 24.8 Å². The fourth-order valence-corrected chi connectivity index (χ4v) is 7.77. The van der Waals surface area contributed by atoms with Crippen molar-refractivity contribution in [1.82, 2.24) is 0 Å². The highest BCUT2D eigenvalue weighted by Crippen LogP contribution is 2.68. The van der Waals surface area contributed by atoms with Crippen LogP contribution in [0.15, 0.2) is 24.3 Å². The zero-order valence-electron chi connectivity index (χ0n) is 18.8. The fourth-order valence-electron chi connectivity index (χ4n) is 7.77. The Morgan fingerprint density at radius 3 is 2.38 bits per heavy atom. The van der Waals surface area contributed by atoms with Crippen molar-refractivity contribution >= 4 is 5.78 Å². The third-order valence-corrected chi connectivity index (χ3v) is 10.1. The predicted molar refractivity (Wildman–Crippen MR) is 116 cm³/mol. The van der Waals surface area contributed by atoms with Crippen LogP contribution in [0, 0.1) is 39.9 Å². The Morgan fingerprint density at radius 2 is 1.76 bits per heavy atom. The number of Topliss-reactive ketones (excluding diaryl/α,β-unsaturated/α-hetero) is 1. The third kappa shape index (κ3) is 2.86. The van der Waals surface area contributed by atoms with Crippen LogP contribution in [-0.4, -0.2) is 28.2 Å². The number of ketones is 1. The van der Waals surface area contributed by atoms with Gasteiger partial charge in [-0.15, -0.1) is 6.58 Å². The second kappa shape index (κ2) is 7.05. The summed E-state index contributed by atoms with van der Waals surface area (Å²) in [5, 5.41) is 23.0. The molecule has 0 aromatic heterocycles. The van der Waals surface area contributed by atoms with Crippen molar-refractivity contribution in [3.63, 3.8) is 0 Å². The van der Waals surface area contributed by atoms with Crippen molar-refractivity contribution in [1.29, 1.82) is 0 Å². The molecular formula is C26H40O3. The highest BCUT2D eigenvalue weighted by Gasteiger charge is 2.68. The minimum atomic E-state index is -0.623. The first kappa shape index (κ1) is 21.3. The number of carbonyl (C=O) groups excluding carboxylic acids is 1. The van der Waals surface area contributed by atoms with Crippen molar-refractivity contribution in [2.24, 2.45) is 39.9 Å². The molecule has 4 fully saturated rings. The normalized spacial score (nSPS) is 52.3. The Hall–Kier alpha value is -0.930. The van der Waals surface area contributed by atoms with Gasteiger partial charge in [0, 0.05) is 16.7 Å². The zero-order valence-corrected chi connectivity index (χ0v) is 18.8. The first-order valence-corrected chi connectivity index (χ1v) is 11.8. The number of hydrogen-bond acceptors (Lipinski definition) is 3. The summed E-state index contributed by atoms with van der Waals surface area (Å²) >= 11 is 0. The second-order valence-electron chi connectivity index (χ2n) is 11.4. The van der Waals surface area contributed by atoms with Crippen molar-refractivity contribution in [3.05, 3.63) is 24.3 Å². The number of carbonyl (C=O) groups is 1. The molecule has 0 amide bonds. The molecule has 4 saturated carbocycles. The van der Waals surface area contributed by atoms with E-state index in [9.17, 15) is 15.0 Å². The summed E-state index contributed by atoms with van der Waals surface area (Å²) in [5.41, 5.74) is -0.265. The highest BCUT2D eigenvalue weighted by molar-refractivity contribution is 6.01. The van der Waals surface area contributed by atoms with E-state index in [4.69, 9.17) is 0 Å². The molecule has 0 saturated heterocycles. The van der Waals surface area contributed by atoms with Crippen molar-refractivity contribution in [2.45, 2.75) is 91.3 Å². The summed E-state index contributed by atoms with van der Waals surface area (Å²) in [5.74, 6) is 0.880. The molecule has 0 aromatic carbocycles. The van der Waals surface area contributed by atoms with E-state index in [0.29, 0.717) is 12.3 Å². The minimum absolute atomic E-state index is 0.00625. The molecule has 0 spiro atoms. The van der Waals surface area contributed by atoms with Crippen LogP contribution < -0.4 is 0 Å². The molecule has 0 unspecified atom stereocenters. The molecule has 162 valence electrons. The van der Waals surface area contributed by atoms with Crippen LogP contribution in [0.3, 0.4) is 0 Å². The maximum absolute atomic E-state index is 13.9. The number of hydrogen-bond donors (Lipinski definition) is 2. The van der Waals surface area contributed by atoms with Crippen LogP contribution in [-0.2, 0) is 4.79 Å². The van der Waals surface area contributed by atoms with Crippen molar-refractivity contribution in [2.75, 3.05) is 0 Å². The highest BCUT2D eigenvalue weighted by atomic mass is 16.3. The van der Waals surface area contributed by atoms with Crippen LogP contribution in [0.2, 0.25) is 0 Å². The van der Waals surface area contributed by atoms with Crippen LogP contribution in [0.4, 0.5) is 0 Å². The third-order valence-electron chi connectivity index (χ3n) is 10.1. The van der Waals surface area contributed by atoms with E-state index in [-0.39, 0.29) is 29.0 Å². The standard InChI is InChI=1S/C26H40O3/c1-6-24(4)15-20(27)25(5)16(2)11-12-26(17(3)23(24)29)14-19(21(28)22(25)26)13-18-9-7-8-10-18/h6,13,16-18,20,22-23,27,29H,1,7-12,14-15H2,2-5H3/b19-13+/t16-,17+,20-,22+,23+,24-,25+,26+/m1/s1. The Morgan fingerprint density at radius 1 is 1.10 bits per heavy atom. The van der Waals surface area contributed by atoms with E-state index in [1.165, 1.54) is 25.7 Å². The van der Waals surface area contributed by atoms with Gasteiger partial charge >= 0.3 is 0 Å². The largest absolute Gasteiger partial charge is 0.392 e. The Labute approximate surface area is 176 Å². The average molecular weight is 401 g/mol. The van der Waals surface area contributed by atoms with Gasteiger partial charge in [0.1, 0.15) is 0 Å². The lowest BCUT2D eigenvalue weighted by Crippen LogP contribution is -2.62. The summed E-state index contributed by atoms with van der Waals surface area (Å²) in [6, 6.07) is 0. The molecule has 4 aliphatic rings. The fraction of sp³-hybridized carbons (Fsp3) is 0.808. The molecule has 4 rings (SSSR count). The van der Waals surface area contributed by atoms with Gasteiger partial charge in [0.05, 0.1) is 12.2 Å². The van der Waals surface area contributed by atoms with Crippen LogP contribution in [0.5, 0.6) is 0 Å². The van der Waals surface area contributed by atoms with E-state index in [1.54, 1.807) is 0 Å². The van der Waals surface area contributed by atoms with Gasteiger partial charge in [-0.2, -0.15) is 0 Å². The lowest BCUT2D eigenvalue weighted by atomic mass is 9.44. The van der Waals surface area contributed by atoms with Crippen molar-refractivity contribution < 1.29 is 15.0 Å². The quantitative estimate of drug-likeness (QED) is 0.503. The van der Waals surface area contributed by atoms with E-state index < -0.39 is 23.0 Å². The molecule has 2 N–H and O–H groups in total. The summed E-state index contributed by atoms with van der Waals surface area (Å²) in [6.07, 6.45) is 11.0. The van der Waals surface area contributed by atoms with Gasteiger partial charge in [-0.05, 0) is 67.3 Å². The average Bonchev–Trinajstić information content (AvgIpc) is 3.30. The van der Waals surface area contributed by atoms with Gasteiger partial charge in [-0.25, -0.2) is 0 Å². The van der Waals surface area contributed by atoms with Crippen LogP contribution in [0.1, 0.15) is 79.1 Å². The Kier molecular flexibility index (Phi) is 5.18.